The Morgan fingerprint density at radius 2 is 1.58 bits per heavy atom. The van der Waals surface area contributed by atoms with Crippen molar-refractivity contribution in [1.29, 1.82) is 0 Å². The molecule has 0 aliphatic carbocycles. The minimum Gasteiger partial charge on any atom is -0.260 e. The fraction of sp³-hybridized carbons (Fsp3) is 0.474. The molecule has 0 aliphatic rings. The van der Waals surface area contributed by atoms with Gasteiger partial charge in [-0.1, -0.05) is 53.7 Å². The smallest absolute Gasteiger partial charge is 0.137 e. The normalized spacial score (nSPS) is 12.2. The topological polar surface area (TPSA) is 51.0 Å². The number of nitrogens with zero attached hydrogens (tertiary/aromatic N) is 4. The molecule has 0 fully saturated rings. The number of benzene rings is 1. The summed E-state index contributed by atoms with van der Waals surface area (Å²) in [4.78, 5) is 16.8. The third-order valence-electron chi connectivity index (χ3n) is 3.72. The van der Waals surface area contributed by atoms with Crippen molar-refractivity contribution in [2.24, 2.45) is 4.99 Å². The van der Waals surface area contributed by atoms with Crippen molar-refractivity contribution in [2.75, 3.05) is 0 Å². The zero-order valence-electron chi connectivity index (χ0n) is 15.3. The van der Waals surface area contributed by atoms with Crippen LogP contribution in [-0.4, -0.2) is 21.2 Å². The molecule has 0 N–H and O–H groups in total. The van der Waals surface area contributed by atoms with Crippen LogP contribution < -0.4 is 0 Å². The van der Waals surface area contributed by atoms with E-state index in [0.717, 1.165) is 11.5 Å². The second-order valence-electron chi connectivity index (χ2n) is 7.80. The van der Waals surface area contributed by atoms with E-state index in [4.69, 9.17) is 4.99 Å². The van der Waals surface area contributed by atoms with Crippen LogP contribution in [0.15, 0.2) is 35.8 Å². The van der Waals surface area contributed by atoms with Gasteiger partial charge in [0.2, 0.25) is 0 Å². The molecule has 132 valence electrons. The fourth-order valence-corrected chi connectivity index (χ4v) is 2.33. The van der Waals surface area contributed by atoms with Gasteiger partial charge in [0.15, 0.2) is 0 Å². The zero-order chi connectivity index (χ0) is 17.1. The molecule has 5 heteroatoms. The van der Waals surface area contributed by atoms with Crippen molar-refractivity contribution in [2.45, 2.75) is 58.8 Å². The van der Waals surface area contributed by atoms with Crippen LogP contribution in [0.1, 0.15) is 58.5 Å². The Hall–Kier alpha value is -1.61. The Morgan fingerprint density at radius 1 is 0.958 bits per heavy atom. The van der Waals surface area contributed by atoms with Gasteiger partial charge < -0.3 is 0 Å². The summed E-state index contributed by atoms with van der Waals surface area (Å²) < 4.78 is 0. The van der Waals surface area contributed by atoms with E-state index in [-0.39, 0.29) is 27.3 Å². The molecule has 4 nitrogen and oxygen atoms in total. The summed E-state index contributed by atoms with van der Waals surface area (Å²) >= 11 is 0. The maximum absolute atomic E-state index is 4.72. The molecule has 0 aliphatic heterocycles. The molecule has 1 heterocycles. The second kappa shape index (κ2) is 7.98. The second-order valence-corrected chi connectivity index (χ2v) is 7.80. The van der Waals surface area contributed by atoms with Gasteiger partial charge in [-0.25, -0.2) is 15.0 Å². The molecule has 0 unspecified atom stereocenters. The van der Waals surface area contributed by atoms with Crippen molar-refractivity contribution < 1.29 is 16.5 Å². The van der Waals surface area contributed by atoms with Gasteiger partial charge in [-0.2, -0.15) is 0 Å². The van der Waals surface area contributed by atoms with Crippen LogP contribution >= 0.6 is 0 Å². The van der Waals surface area contributed by atoms with Crippen molar-refractivity contribution in [3.63, 3.8) is 0 Å². The van der Waals surface area contributed by atoms with Gasteiger partial charge in [0.1, 0.15) is 18.5 Å². The van der Waals surface area contributed by atoms with Crippen molar-refractivity contribution >= 4 is 11.9 Å². The first-order valence-electron chi connectivity index (χ1n) is 7.96. The molecule has 2 aromatic rings. The number of rotatable bonds is 3. The molecule has 0 spiro atoms. The molecule has 2 rings (SSSR count). The van der Waals surface area contributed by atoms with Crippen LogP contribution in [0, 0.1) is 0 Å². The summed E-state index contributed by atoms with van der Waals surface area (Å²) in [5.41, 5.74) is 3.72. The summed E-state index contributed by atoms with van der Waals surface area (Å²) in [7, 11) is 0. The first-order chi connectivity index (χ1) is 10.7. The van der Waals surface area contributed by atoms with Crippen LogP contribution in [0.25, 0.3) is 0 Å². The Morgan fingerprint density at radius 3 is 2.12 bits per heavy atom. The molecule has 24 heavy (non-hydrogen) atoms. The van der Waals surface area contributed by atoms with Crippen LogP contribution in [0.3, 0.4) is 0 Å². The van der Waals surface area contributed by atoms with Crippen LogP contribution in [0.2, 0.25) is 0 Å². The molecule has 0 amide bonds. The van der Waals surface area contributed by atoms with E-state index >= 15 is 0 Å². The molecule has 1 aromatic carbocycles. The molecule has 0 atom stereocenters. The van der Waals surface area contributed by atoms with E-state index in [2.05, 4.69) is 74.7 Å². The van der Waals surface area contributed by atoms with E-state index in [1.807, 2.05) is 6.21 Å². The van der Waals surface area contributed by atoms with E-state index < -0.39 is 0 Å². The maximum atomic E-state index is 4.72. The minimum atomic E-state index is 0. The predicted molar refractivity (Wildman–Crippen MR) is 95.5 cm³/mol. The van der Waals surface area contributed by atoms with Gasteiger partial charge in [0.05, 0.1) is 5.69 Å². The molecular formula is C19H26N4Ni. The third kappa shape index (κ3) is 5.49. The first-order valence-corrected chi connectivity index (χ1v) is 7.96. The van der Waals surface area contributed by atoms with Crippen LogP contribution in [-0.2, 0) is 33.7 Å². The molecule has 0 saturated heterocycles. The van der Waals surface area contributed by atoms with Gasteiger partial charge in [0.25, 0.3) is 0 Å². The molecule has 0 radical (unpaired) electrons. The summed E-state index contributed by atoms with van der Waals surface area (Å²) in [6.45, 7) is 13.3. The minimum absolute atomic E-state index is 0. The summed E-state index contributed by atoms with van der Waals surface area (Å²) in [6.07, 6.45) is 5.51. The van der Waals surface area contributed by atoms with Crippen molar-refractivity contribution in [3.8, 4) is 0 Å². The Labute approximate surface area is 155 Å². The number of aliphatic imine (C=N–C) groups is 1. The quantitative estimate of drug-likeness (QED) is 0.595. The third-order valence-corrected chi connectivity index (χ3v) is 3.72. The number of hydrogen-bond donors (Lipinski definition) is 0. The average Bonchev–Trinajstić information content (AvgIpc) is 2.46. The molecule has 0 saturated carbocycles. The monoisotopic (exact) mass is 368 g/mol. The average molecular weight is 369 g/mol. The van der Waals surface area contributed by atoms with E-state index in [1.54, 1.807) is 0 Å². The number of hydrogen-bond acceptors (Lipinski definition) is 4. The van der Waals surface area contributed by atoms with Crippen LogP contribution in [0.4, 0.5) is 5.69 Å². The maximum Gasteiger partial charge on any atom is 0.137 e. The van der Waals surface area contributed by atoms with Crippen LogP contribution in [0.5, 0.6) is 0 Å². The Balaban J connectivity index is 0.00000288. The first kappa shape index (κ1) is 20.4. The Kier molecular flexibility index (Phi) is 6.79. The molecule has 1 aromatic heterocycles. The van der Waals surface area contributed by atoms with E-state index in [1.165, 1.54) is 23.8 Å². The van der Waals surface area contributed by atoms with Gasteiger partial charge in [0, 0.05) is 29.1 Å². The summed E-state index contributed by atoms with van der Waals surface area (Å²) in [6, 6.07) is 6.62. The predicted octanol–water partition coefficient (Wildman–Crippen LogP) is 4.41. The number of aromatic nitrogens is 3. The summed E-state index contributed by atoms with van der Waals surface area (Å²) in [5.74, 6) is 0.730. The Bertz CT molecular complexity index is 683. The zero-order valence-corrected chi connectivity index (χ0v) is 16.3. The fourth-order valence-electron chi connectivity index (χ4n) is 2.33. The molecular weight excluding hydrogens is 343 g/mol. The summed E-state index contributed by atoms with van der Waals surface area (Å²) in [5, 5.41) is 0. The SMILES string of the molecule is CC(C)(C)c1ccc(C(C)(C)C)c(N=CCc2ncncn2)c1.[Ni]. The van der Waals surface area contributed by atoms with Crippen molar-refractivity contribution in [3.05, 3.63) is 47.8 Å². The van der Waals surface area contributed by atoms with E-state index in [9.17, 15) is 0 Å². The molecule has 0 bridgehead atoms. The van der Waals surface area contributed by atoms with Gasteiger partial charge in [-0.3, -0.25) is 4.99 Å². The van der Waals surface area contributed by atoms with Gasteiger partial charge >= 0.3 is 0 Å². The van der Waals surface area contributed by atoms with Gasteiger partial charge in [-0.15, -0.1) is 0 Å². The van der Waals surface area contributed by atoms with Gasteiger partial charge in [-0.05, 0) is 28.0 Å². The largest absolute Gasteiger partial charge is 0.260 e. The standard InChI is InChI=1S/C19H26N4.Ni/c1-18(2,3)14-7-8-15(19(4,5)6)16(11-14)21-10-9-17-22-12-20-13-23-17;/h7-8,10-13H,9H2,1-6H3;. The van der Waals surface area contributed by atoms with E-state index in [0.29, 0.717) is 6.42 Å². The van der Waals surface area contributed by atoms with Crippen molar-refractivity contribution in [1.82, 2.24) is 15.0 Å².